The molecule has 1 rings (SSSR count). The fourth-order valence-corrected chi connectivity index (χ4v) is 7.46. The third kappa shape index (κ3) is 3.72. The summed E-state index contributed by atoms with van der Waals surface area (Å²) in [4.78, 5) is 0. The molecule has 0 fully saturated rings. The van der Waals surface area contributed by atoms with Gasteiger partial charge in [-0.15, -0.1) is 0 Å². The molecule has 0 N–H and O–H groups in total. The van der Waals surface area contributed by atoms with Gasteiger partial charge in [0.05, 0.1) is 0 Å². The minimum absolute atomic E-state index is 0.000625. The summed E-state index contributed by atoms with van der Waals surface area (Å²) in [5.41, 5.74) is 1.28. The molecule has 0 aromatic heterocycles. The van der Waals surface area contributed by atoms with Crippen LogP contribution in [-0.2, 0) is 35.4 Å². The molecule has 0 aliphatic carbocycles. The van der Waals surface area contributed by atoms with E-state index in [9.17, 15) is 0 Å². The van der Waals surface area contributed by atoms with Gasteiger partial charge in [-0.25, -0.2) is 0 Å². The van der Waals surface area contributed by atoms with E-state index in [4.69, 9.17) is 8.44 Å². The molecule has 0 unspecified atom stereocenters. The Morgan fingerprint density at radius 3 is 1.82 bits per heavy atom. The van der Waals surface area contributed by atoms with Gasteiger partial charge in [0.1, 0.15) is 0 Å². The van der Waals surface area contributed by atoms with E-state index in [1.165, 1.54) is 5.56 Å². The maximum absolute atomic E-state index is 5.56. The Balaban J connectivity index is 2.92. The molecule has 0 aliphatic rings. The van der Waals surface area contributed by atoms with E-state index in [1.807, 2.05) is 6.07 Å². The van der Waals surface area contributed by atoms with Crippen LogP contribution in [0.5, 0.6) is 0 Å². The second kappa shape index (κ2) is 6.24. The summed E-state index contributed by atoms with van der Waals surface area (Å²) in [7, 11) is 5.05. The molecule has 0 saturated carbocycles. The van der Waals surface area contributed by atoms with Crippen molar-refractivity contribution in [3.8, 4) is 0 Å². The van der Waals surface area contributed by atoms with Crippen LogP contribution in [0.15, 0.2) is 30.3 Å². The molecule has 1 aromatic rings. The average molecular weight is 318 g/mol. The molecule has 1 aromatic carbocycles. The minimum atomic E-state index is -3.33. The normalized spacial score (nSPS) is 12.8. The quantitative estimate of drug-likeness (QED) is 0.806. The second-order valence-electron chi connectivity index (χ2n) is 4.72. The number of hydrogen-bond acceptors (Lipinski definition) is 3. The third-order valence-corrected chi connectivity index (χ3v) is 11.0. The molecule has 0 heterocycles. The first-order chi connectivity index (χ1) is 7.99. The van der Waals surface area contributed by atoms with Gasteiger partial charge in [0.25, 0.3) is 0 Å². The summed E-state index contributed by atoms with van der Waals surface area (Å²) in [5.74, 6) is 0. The number of benzene rings is 1. The van der Waals surface area contributed by atoms with E-state index in [-0.39, 0.29) is 5.41 Å². The Kier molecular flexibility index (Phi) is 5.52. The zero-order valence-electron chi connectivity index (χ0n) is 11.3. The number of rotatable bonds is 6. The Bertz CT molecular complexity index is 326. The van der Waals surface area contributed by atoms with Crippen LogP contribution in [0.2, 0.25) is 4.13 Å². The Morgan fingerprint density at radius 1 is 0.941 bits per heavy atom. The van der Waals surface area contributed by atoms with Crippen LogP contribution < -0.4 is 0 Å². The van der Waals surface area contributed by atoms with Gasteiger partial charge in [-0.1, -0.05) is 0 Å². The zero-order valence-corrected chi connectivity index (χ0v) is 13.8. The van der Waals surface area contributed by atoms with Crippen LogP contribution in [0.3, 0.4) is 0 Å². The van der Waals surface area contributed by atoms with Gasteiger partial charge in [0.2, 0.25) is 0 Å². The molecule has 0 amide bonds. The predicted octanol–water partition coefficient (Wildman–Crippen LogP) is 3.22. The van der Waals surface area contributed by atoms with Crippen molar-refractivity contribution in [2.45, 2.75) is 23.4 Å². The van der Waals surface area contributed by atoms with E-state index in [0.29, 0.717) is 0 Å². The van der Waals surface area contributed by atoms with E-state index >= 15 is 0 Å². The van der Waals surface area contributed by atoms with E-state index < -0.39 is 21.6 Å². The van der Waals surface area contributed by atoms with Crippen LogP contribution in [-0.4, -0.2) is 21.3 Å². The monoisotopic (exact) mass is 316 g/mol. The molecule has 0 saturated heterocycles. The SMILES string of the molecule is C[O][Zr]([CH2]C(C)(C)c1ccccc1)([O]C)[O]C. The fourth-order valence-electron chi connectivity index (χ4n) is 2.00. The van der Waals surface area contributed by atoms with Crippen LogP contribution >= 0.6 is 0 Å². The van der Waals surface area contributed by atoms with Crippen molar-refractivity contribution in [2.75, 3.05) is 21.3 Å². The van der Waals surface area contributed by atoms with Crippen LogP contribution in [0.1, 0.15) is 19.4 Å². The Morgan fingerprint density at radius 2 is 1.41 bits per heavy atom. The summed E-state index contributed by atoms with van der Waals surface area (Å²) in [6.07, 6.45) is 0. The molecular formula is C13H22O3Zr. The average Bonchev–Trinajstić information content (AvgIpc) is 2.37. The van der Waals surface area contributed by atoms with Gasteiger partial charge in [-0.05, 0) is 0 Å². The van der Waals surface area contributed by atoms with Crippen molar-refractivity contribution >= 4 is 0 Å². The summed E-state index contributed by atoms with van der Waals surface area (Å²) in [5, 5.41) is 0. The summed E-state index contributed by atoms with van der Waals surface area (Å²) < 4.78 is 17.5. The van der Waals surface area contributed by atoms with Gasteiger partial charge in [-0.3, -0.25) is 0 Å². The standard InChI is InChI=1S/C10H13.3CH3O.Zr/c1-10(2,3)9-7-5-4-6-8-9;3*1-2;/h4-8H,1H2,2-3H3;3*1H3;/q;3*-1;+3. The molecule has 0 bridgehead atoms. The summed E-state index contributed by atoms with van der Waals surface area (Å²) in [6, 6.07) is 10.4. The first-order valence-corrected chi connectivity index (χ1v) is 10.5. The van der Waals surface area contributed by atoms with E-state index in [1.54, 1.807) is 21.3 Å². The van der Waals surface area contributed by atoms with Crippen molar-refractivity contribution in [3.05, 3.63) is 35.9 Å². The molecule has 4 heteroatoms. The van der Waals surface area contributed by atoms with Gasteiger partial charge < -0.3 is 0 Å². The van der Waals surface area contributed by atoms with Crippen molar-refractivity contribution in [1.29, 1.82) is 0 Å². The van der Waals surface area contributed by atoms with E-state index in [0.717, 1.165) is 4.13 Å². The molecule has 96 valence electrons. The molecule has 0 aliphatic heterocycles. The topological polar surface area (TPSA) is 27.7 Å². The summed E-state index contributed by atoms with van der Waals surface area (Å²) >= 11 is -3.33. The molecule has 0 spiro atoms. The van der Waals surface area contributed by atoms with Crippen LogP contribution in [0, 0.1) is 0 Å². The molecule has 0 atom stereocenters. The molecule has 3 nitrogen and oxygen atoms in total. The van der Waals surface area contributed by atoms with Crippen molar-refractivity contribution in [1.82, 2.24) is 0 Å². The second-order valence-corrected chi connectivity index (χ2v) is 12.0. The zero-order chi connectivity index (χ0) is 12.9. The summed E-state index contributed by atoms with van der Waals surface area (Å²) in [6.45, 7) is 4.40. The molecule has 0 radical (unpaired) electrons. The van der Waals surface area contributed by atoms with Gasteiger partial charge in [0, 0.05) is 0 Å². The van der Waals surface area contributed by atoms with Crippen LogP contribution in [0.25, 0.3) is 0 Å². The van der Waals surface area contributed by atoms with Gasteiger partial charge in [-0.2, -0.15) is 0 Å². The molecule has 17 heavy (non-hydrogen) atoms. The Hall–Kier alpha value is -0.0169. The van der Waals surface area contributed by atoms with E-state index in [2.05, 4.69) is 38.1 Å². The third-order valence-electron chi connectivity index (χ3n) is 3.15. The Labute approximate surface area is 110 Å². The predicted molar refractivity (Wildman–Crippen MR) is 65.3 cm³/mol. The fraction of sp³-hybridized carbons (Fsp3) is 0.538. The first-order valence-electron chi connectivity index (χ1n) is 5.70. The van der Waals surface area contributed by atoms with Crippen molar-refractivity contribution < 1.29 is 30.0 Å². The molecular weight excluding hydrogens is 295 g/mol. The first kappa shape index (κ1) is 15.0. The van der Waals surface area contributed by atoms with Crippen molar-refractivity contribution in [3.63, 3.8) is 0 Å². The van der Waals surface area contributed by atoms with Crippen LogP contribution in [0.4, 0.5) is 0 Å². The van der Waals surface area contributed by atoms with Gasteiger partial charge >= 0.3 is 111 Å². The van der Waals surface area contributed by atoms with Crippen molar-refractivity contribution in [2.24, 2.45) is 0 Å². The number of hydrogen-bond donors (Lipinski definition) is 0. The maximum atomic E-state index is 5.56. The van der Waals surface area contributed by atoms with Gasteiger partial charge in [0.15, 0.2) is 0 Å².